The first kappa shape index (κ1) is 20.8. The molecule has 0 amide bonds. The van der Waals surface area contributed by atoms with Gasteiger partial charge in [0.25, 0.3) is 0 Å². The number of aromatic carboxylic acids is 1. The summed E-state index contributed by atoms with van der Waals surface area (Å²) < 4.78 is 50.6. The quantitative estimate of drug-likeness (QED) is 0.533. The van der Waals surface area contributed by atoms with Gasteiger partial charge in [0, 0.05) is 12.6 Å². The fraction of sp³-hybridized carbons (Fsp3) is 0.533. The number of aryl methyl sites for hydroxylation is 1. The van der Waals surface area contributed by atoms with E-state index in [1.165, 1.54) is 19.1 Å². The number of carboxylic acid groups (broad SMARTS) is 1. The lowest BCUT2D eigenvalue weighted by atomic mass is 10.1. The second-order valence-corrected chi connectivity index (χ2v) is 10.3. The number of hydrogen-bond donors (Lipinski definition) is 3. The molecular formula is C15H21NO8S2. The SMILES string of the molecule is Cc1ccc(C(=O)O)cc1S(=O)(=O)N(C[C@@H](O)CO)[C@@H]1CCS(=O)(=O)C1. The van der Waals surface area contributed by atoms with Gasteiger partial charge in [-0.05, 0) is 31.0 Å². The van der Waals surface area contributed by atoms with Gasteiger partial charge in [0.1, 0.15) is 0 Å². The number of sulfonamides is 1. The van der Waals surface area contributed by atoms with Crippen molar-refractivity contribution in [3.63, 3.8) is 0 Å². The van der Waals surface area contributed by atoms with Crippen LogP contribution >= 0.6 is 0 Å². The highest BCUT2D eigenvalue weighted by molar-refractivity contribution is 7.92. The van der Waals surface area contributed by atoms with Gasteiger partial charge < -0.3 is 15.3 Å². The number of nitrogens with zero attached hydrogens (tertiary/aromatic N) is 1. The summed E-state index contributed by atoms with van der Waals surface area (Å²) in [6.45, 7) is 0.306. The average molecular weight is 407 g/mol. The molecule has 0 bridgehead atoms. The number of sulfone groups is 1. The number of aliphatic hydroxyl groups excluding tert-OH is 2. The zero-order chi connectivity index (χ0) is 19.7. The smallest absolute Gasteiger partial charge is 0.335 e. The summed E-state index contributed by atoms with van der Waals surface area (Å²) in [4.78, 5) is 10.9. The van der Waals surface area contributed by atoms with Gasteiger partial charge in [-0.2, -0.15) is 4.31 Å². The van der Waals surface area contributed by atoms with Crippen LogP contribution < -0.4 is 0 Å². The largest absolute Gasteiger partial charge is 0.478 e. The first-order valence-corrected chi connectivity index (χ1v) is 11.1. The molecule has 11 heteroatoms. The minimum absolute atomic E-state index is 0.0668. The second-order valence-electron chi connectivity index (χ2n) is 6.25. The van der Waals surface area contributed by atoms with E-state index in [1.807, 2.05) is 0 Å². The average Bonchev–Trinajstić information content (AvgIpc) is 2.91. The van der Waals surface area contributed by atoms with Crippen molar-refractivity contribution in [2.75, 3.05) is 24.7 Å². The molecule has 2 rings (SSSR count). The highest BCUT2D eigenvalue weighted by Gasteiger charge is 2.40. The minimum Gasteiger partial charge on any atom is -0.478 e. The Kier molecular flexibility index (Phi) is 6.08. The topological polar surface area (TPSA) is 149 Å². The Bertz CT molecular complexity index is 894. The Morgan fingerprint density at radius 2 is 2.04 bits per heavy atom. The second kappa shape index (κ2) is 7.61. The fourth-order valence-electron chi connectivity index (χ4n) is 2.85. The predicted molar refractivity (Wildman–Crippen MR) is 92.2 cm³/mol. The Labute approximate surface area is 151 Å². The molecule has 0 spiro atoms. The summed E-state index contributed by atoms with van der Waals surface area (Å²) in [6.07, 6.45) is -1.33. The van der Waals surface area contributed by atoms with Crippen molar-refractivity contribution in [1.82, 2.24) is 4.31 Å². The molecule has 0 aromatic heterocycles. The van der Waals surface area contributed by atoms with Crippen molar-refractivity contribution in [3.05, 3.63) is 29.3 Å². The highest BCUT2D eigenvalue weighted by Crippen LogP contribution is 2.28. The maximum Gasteiger partial charge on any atom is 0.335 e. The molecule has 146 valence electrons. The van der Waals surface area contributed by atoms with Crippen LogP contribution in [0.3, 0.4) is 0 Å². The molecule has 0 aliphatic carbocycles. The molecule has 1 aromatic rings. The number of carbonyl (C=O) groups is 1. The van der Waals surface area contributed by atoms with Crippen LogP contribution in [-0.2, 0) is 19.9 Å². The molecule has 0 radical (unpaired) electrons. The van der Waals surface area contributed by atoms with E-state index in [0.717, 1.165) is 10.4 Å². The molecule has 0 unspecified atom stereocenters. The molecule has 1 aromatic carbocycles. The van der Waals surface area contributed by atoms with Gasteiger partial charge in [0.05, 0.1) is 34.7 Å². The van der Waals surface area contributed by atoms with Gasteiger partial charge in [-0.15, -0.1) is 0 Å². The van der Waals surface area contributed by atoms with Crippen molar-refractivity contribution in [2.24, 2.45) is 0 Å². The molecule has 1 saturated heterocycles. The van der Waals surface area contributed by atoms with Crippen LogP contribution in [0.1, 0.15) is 22.3 Å². The zero-order valence-corrected chi connectivity index (χ0v) is 15.7. The maximum atomic E-state index is 13.1. The van der Waals surface area contributed by atoms with Gasteiger partial charge in [0.2, 0.25) is 10.0 Å². The van der Waals surface area contributed by atoms with Crippen LogP contribution in [0.4, 0.5) is 0 Å². The summed E-state index contributed by atoms with van der Waals surface area (Å²) in [5.41, 5.74) is 0.0650. The van der Waals surface area contributed by atoms with Crippen LogP contribution in [0.5, 0.6) is 0 Å². The summed E-state index contributed by atoms with van der Waals surface area (Å²) in [7, 11) is -7.69. The van der Waals surface area contributed by atoms with Crippen LogP contribution in [-0.4, -0.2) is 79.2 Å². The van der Waals surface area contributed by atoms with Gasteiger partial charge in [0.15, 0.2) is 9.84 Å². The fourth-order valence-corrected chi connectivity index (χ4v) is 6.62. The van der Waals surface area contributed by atoms with E-state index in [9.17, 15) is 26.7 Å². The van der Waals surface area contributed by atoms with E-state index < -0.39 is 51.1 Å². The lowest BCUT2D eigenvalue weighted by Crippen LogP contribution is -2.46. The lowest BCUT2D eigenvalue weighted by molar-refractivity contribution is 0.0696. The molecule has 1 aliphatic rings. The molecule has 26 heavy (non-hydrogen) atoms. The molecule has 1 aliphatic heterocycles. The van der Waals surface area contributed by atoms with Crippen molar-refractivity contribution in [3.8, 4) is 0 Å². The summed E-state index contributed by atoms with van der Waals surface area (Å²) in [5.74, 6) is -1.86. The number of rotatable bonds is 7. The van der Waals surface area contributed by atoms with Crippen molar-refractivity contribution in [1.29, 1.82) is 0 Å². The molecule has 1 heterocycles. The standard InChI is InChI=1S/C15H21NO8S2/c1-10-2-3-11(15(19)20)6-14(10)26(23,24)16(7-13(18)8-17)12-4-5-25(21,22)9-12/h2-3,6,12-13,17-18H,4-5,7-9H2,1H3,(H,19,20)/t12-,13-/m1/s1. The molecule has 0 saturated carbocycles. The van der Waals surface area contributed by atoms with E-state index in [2.05, 4.69) is 0 Å². The van der Waals surface area contributed by atoms with E-state index in [0.29, 0.717) is 5.56 Å². The van der Waals surface area contributed by atoms with Gasteiger partial charge >= 0.3 is 5.97 Å². The molecule has 9 nitrogen and oxygen atoms in total. The Hall–Kier alpha value is -1.53. The van der Waals surface area contributed by atoms with Crippen molar-refractivity contribution < 1.29 is 36.9 Å². The first-order valence-electron chi connectivity index (χ1n) is 7.83. The normalized spacial score (nSPS) is 21.0. The maximum absolute atomic E-state index is 13.1. The third-order valence-corrected chi connectivity index (χ3v) is 8.05. The Morgan fingerprint density at radius 3 is 2.54 bits per heavy atom. The summed E-state index contributed by atoms with van der Waals surface area (Å²) in [6, 6.07) is 2.74. The minimum atomic E-state index is -4.29. The molecule has 1 fully saturated rings. The summed E-state index contributed by atoms with van der Waals surface area (Å²) >= 11 is 0. The van der Waals surface area contributed by atoms with Crippen LogP contribution in [0.15, 0.2) is 23.1 Å². The van der Waals surface area contributed by atoms with Gasteiger partial charge in [-0.25, -0.2) is 21.6 Å². The summed E-state index contributed by atoms with van der Waals surface area (Å²) in [5, 5.41) is 27.9. The lowest BCUT2D eigenvalue weighted by Gasteiger charge is -2.29. The number of carboxylic acids is 1. The number of hydrogen-bond acceptors (Lipinski definition) is 7. The van der Waals surface area contributed by atoms with E-state index in [-0.39, 0.29) is 28.4 Å². The molecule has 2 atom stereocenters. The van der Waals surface area contributed by atoms with Crippen LogP contribution in [0.25, 0.3) is 0 Å². The van der Waals surface area contributed by atoms with E-state index in [4.69, 9.17) is 10.2 Å². The third-order valence-electron chi connectivity index (χ3n) is 4.24. The number of aliphatic hydroxyl groups is 2. The first-order chi connectivity index (χ1) is 12.0. The Morgan fingerprint density at radius 1 is 1.38 bits per heavy atom. The van der Waals surface area contributed by atoms with Crippen molar-refractivity contribution in [2.45, 2.75) is 30.4 Å². The highest BCUT2D eigenvalue weighted by atomic mass is 32.2. The van der Waals surface area contributed by atoms with Gasteiger partial charge in [-0.3, -0.25) is 0 Å². The van der Waals surface area contributed by atoms with Crippen LogP contribution in [0.2, 0.25) is 0 Å². The van der Waals surface area contributed by atoms with E-state index >= 15 is 0 Å². The predicted octanol–water partition coefficient (Wildman–Crippen LogP) is -0.776. The molecular weight excluding hydrogens is 386 g/mol. The monoisotopic (exact) mass is 407 g/mol. The van der Waals surface area contributed by atoms with Crippen molar-refractivity contribution >= 4 is 25.8 Å². The number of benzene rings is 1. The third kappa shape index (κ3) is 4.41. The zero-order valence-electron chi connectivity index (χ0n) is 14.1. The van der Waals surface area contributed by atoms with E-state index in [1.54, 1.807) is 0 Å². The molecule has 3 N–H and O–H groups in total. The Balaban J connectivity index is 2.52. The van der Waals surface area contributed by atoms with Gasteiger partial charge in [-0.1, -0.05) is 6.07 Å². The van der Waals surface area contributed by atoms with Crippen LogP contribution in [0, 0.1) is 6.92 Å².